The normalized spacial score (nSPS) is 19.1. The number of aromatic carboxylic acids is 1. The Bertz CT molecular complexity index is 2100. The number of hydrogen-bond acceptors (Lipinski definition) is 11. The van der Waals surface area contributed by atoms with Gasteiger partial charge < -0.3 is 24.8 Å². The second-order valence-corrected chi connectivity index (χ2v) is 13.1. The number of amides is 2. The van der Waals surface area contributed by atoms with Crippen LogP contribution >= 0.6 is 22.9 Å². The number of urea groups is 1. The Labute approximate surface area is 298 Å². The second-order valence-electron chi connectivity index (χ2n) is 11.8. The number of esters is 1. The topological polar surface area (TPSA) is 150 Å². The maximum absolute atomic E-state index is 14.5. The van der Waals surface area contributed by atoms with Crippen LogP contribution in [0.5, 0.6) is 11.5 Å². The van der Waals surface area contributed by atoms with E-state index in [-0.39, 0.29) is 46.3 Å². The van der Waals surface area contributed by atoms with Crippen molar-refractivity contribution < 1.29 is 37.7 Å². The standard InChI is InChI=1S/C34H28ClF2N7O6S/c1-49-33(47)28-25(40-30(31-39-8-11-51-31)41-29(28)22-4-3-19(36)13-23(22)35)17-42-9-10-43-20(15-42)16-44(34(43)48)27-14-21(6-7-38-27)50-26-5-2-18(32(45)46)12-24(26)37/h2-8,11-14,20,29H,9-10,15-17H2,1H3,(H,40,41)(H,45,46)/t20-,29-/m0/s1. The summed E-state index contributed by atoms with van der Waals surface area (Å²) in [6.45, 7) is 1.87. The second kappa shape index (κ2) is 14.0. The summed E-state index contributed by atoms with van der Waals surface area (Å²) in [6.07, 6.45) is 3.07. The lowest BCUT2D eigenvalue weighted by molar-refractivity contribution is -0.136. The van der Waals surface area contributed by atoms with Crippen molar-refractivity contribution in [3.05, 3.63) is 110 Å². The van der Waals surface area contributed by atoms with Gasteiger partial charge in [0.05, 0.1) is 30.8 Å². The van der Waals surface area contributed by atoms with Crippen LogP contribution in [0, 0.1) is 11.6 Å². The Morgan fingerprint density at radius 1 is 1.08 bits per heavy atom. The summed E-state index contributed by atoms with van der Waals surface area (Å²) in [5.41, 5.74) is 0.933. The number of carboxylic acid groups (broad SMARTS) is 1. The molecule has 17 heteroatoms. The zero-order valence-electron chi connectivity index (χ0n) is 26.8. The molecule has 51 heavy (non-hydrogen) atoms. The number of halogens is 3. The van der Waals surface area contributed by atoms with E-state index in [4.69, 9.17) is 31.2 Å². The summed E-state index contributed by atoms with van der Waals surface area (Å²) in [5.74, 6) is -2.52. The number of rotatable bonds is 9. The molecule has 2 N–H and O–H groups in total. The number of hydrogen-bond donors (Lipinski definition) is 2. The van der Waals surface area contributed by atoms with Crippen LogP contribution in [0.15, 0.2) is 82.6 Å². The number of carbonyl (C=O) groups excluding carboxylic acids is 2. The molecule has 3 aliphatic heterocycles. The number of carbonyl (C=O) groups is 3. The molecule has 262 valence electrons. The number of nitrogens with one attached hydrogen (secondary N) is 1. The van der Waals surface area contributed by atoms with E-state index in [1.807, 2.05) is 0 Å². The molecule has 2 aromatic heterocycles. The fourth-order valence-electron chi connectivity index (χ4n) is 6.25. The number of aliphatic imine (C=N–C) groups is 1. The van der Waals surface area contributed by atoms with Crippen molar-refractivity contribution in [2.45, 2.75) is 12.1 Å². The lowest BCUT2D eigenvalue weighted by atomic mass is 9.95. The van der Waals surface area contributed by atoms with Crippen LogP contribution in [-0.4, -0.2) is 94.6 Å². The van der Waals surface area contributed by atoms with Crippen LogP contribution in [0.3, 0.4) is 0 Å². The number of benzene rings is 2. The largest absolute Gasteiger partial charge is 0.478 e. The molecular formula is C34H28ClF2N7O6S. The minimum absolute atomic E-state index is 0.104. The van der Waals surface area contributed by atoms with Gasteiger partial charge in [-0.1, -0.05) is 17.7 Å². The summed E-state index contributed by atoms with van der Waals surface area (Å²) in [5, 5.41) is 14.9. The third-order valence-corrected chi connectivity index (χ3v) is 9.75. The van der Waals surface area contributed by atoms with E-state index < -0.39 is 29.6 Å². The van der Waals surface area contributed by atoms with Gasteiger partial charge in [0.15, 0.2) is 22.4 Å². The molecule has 2 aromatic carbocycles. The first-order valence-corrected chi connectivity index (χ1v) is 16.8. The molecular weight excluding hydrogens is 708 g/mol. The van der Waals surface area contributed by atoms with Crippen molar-refractivity contribution >= 4 is 52.6 Å². The first-order chi connectivity index (χ1) is 24.6. The lowest BCUT2D eigenvalue weighted by Gasteiger charge is -2.38. The van der Waals surface area contributed by atoms with Crippen molar-refractivity contribution in [2.75, 3.05) is 44.7 Å². The quantitative estimate of drug-likeness (QED) is 0.222. The third kappa shape index (κ3) is 6.85. The molecule has 13 nitrogen and oxygen atoms in total. The molecule has 3 aliphatic rings. The summed E-state index contributed by atoms with van der Waals surface area (Å²) in [7, 11) is 1.27. The fourth-order valence-corrected chi connectivity index (χ4v) is 7.11. The van der Waals surface area contributed by atoms with Gasteiger partial charge >= 0.3 is 18.0 Å². The Kier molecular flexibility index (Phi) is 9.37. The van der Waals surface area contributed by atoms with E-state index in [0.717, 1.165) is 6.07 Å². The number of carboxylic acids is 1. The fraction of sp³-hybridized carbons (Fsp3) is 0.235. The maximum atomic E-state index is 14.5. The van der Waals surface area contributed by atoms with E-state index in [0.29, 0.717) is 54.1 Å². The summed E-state index contributed by atoms with van der Waals surface area (Å²) in [4.78, 5) is 57.0. The van der Waals surface area contributed by atoms with Crippen molar-refractivity contribution in [3.63, 3.8) is 0 Å². The van der Waals surface area contributed by atoms with Crippen LogP contribution in [0.1, 0.15) is 27.0 Å². The summed E-state index contributed by atoms with van der Waals surface area (Å²) in [6, 6.07) is 8.85. The Hall–Kier alpha value is -5.45. The Morgan fingerprint density at radius 3 is 2.65 bits per heavy atom. The van der Waals surface area contributed by atoms with Crippen molar-refractivity contribution in [3.8, 4) is 11.5 Å². The van der Waals surface area contributed by atoms with E-state index in [9.17, 15) is 23.2 Å². The highest BCUT2D eigenvalue weighted by molar-refractivity contribution is 7.11. The molecule has 2 fully saturated rings. The van der Waals surface area contributed by atoms with Crippen LogP contribution in [0.4, 0.5) is 19.4 Å². The Balaban J connectivity index is 1.11. The van der Waals surface area contributed by atoms with Gasteiger partial charge in [-0.25, -0.2) is 33.1 Å². The molecule has 2 saturated heterocycles. The number of thiazole rings is 1. The highest BCUT2D eigenvalue weighted by Gasteiger charge is 2.43. The number of aromatic nitrogens is 2. The molecule has 0 bridgehead atoms. The van der Waals surface area contributed by atoms with Crippen molar-refractivity contribution in [1.82, 2.24) is 25.1 Å². The molecule has 4 aromatic rings. The predicted molar refractivity (Wildman–Crippen MR) is 182 cm³/mol. The van der Waals surface area contributed by atoms with Gasteiger partial charge in [0, 0.05) is 66.3 Å². The highest BCUT2D eigenvalue weighted by atomic mass is 35.5. The van der Waals surface area contributed by atoms with Gasteiger partial charge in [0.2, 0.25) is 0 Å². The molecule has 5 heterocycles. The zero-order valence-corrected chi connectivity index (χ0v) is 28.3. The van der Waals surface area contributed by atoms with Crippen LogP contribution in [0.2, 0.25) is 5.02 Å². The molecule has 0 unspecified atom stereocenters. The molecule has 2 atom stereocenters. The SMILES string of the molecule is COC(=O)C1=C(CN2CCN3C(=O)N(c4cc(Oc5ccc(C(=O)O)cc5F)ccn4)C[C@@H]3C2)NC(c2nccs2)=N[C@H]1c1ccc(F)cc1Cl. The predicted octanol–water partition coefficient (Wildman–Crippen LogP) is 5.10. The number of anilines is 1. The number of ether oxygens (including phenoxy) is 2. The molecule has 2 amide bonds. The van der Waals surface area contributed by atoms with Crippen molar-refractivity contribution in [2.24, 2.45) is 4.99 Å². The summed E-state index contributed by atoms with van der Waals surface area (Å²) >= 11 is 7.84. The van der Waals surface area contributed by atoms with Gasteiger partial charge in [0.25, 0.3) is 0 Å². The number of methoxy groups -OCH3 is 1. The number of piperazine rings is 1. The van der Waals surface area contributed by atoms with Crippen LogP contribution in [0.25, 0.3) is 0 Å². The van der Waals surface area contributed by atoms with Crippen molar-refractivity contribution in [1.29, 1.82) is 0 Å². The first-order valence-electron chi connectivity index (χ1n) is 15.6. The highest BCUT2D eigenvalue weighted by Crippen LogP contribution is 2.37. The van der Waals surface area contributed by atoms with E-state index in [2.05, 4.69) is 20.2 Å². The number of amidine groups is 1. The molecule has 7 rings (SSSR count). The summed E-state index contributed by atoms with van der Waals surface area (Å²) < 4.78 is 39.4. The molecule has 0 saturated carbocycles. The smallest absolute Gasteiger partial charge is 0.338 e. The molecule has 0 aliphatic carbocycles. The molecule has 0 spiro atoms. The third-order valence-electron chi connectivity index (χ3n) is 8.64. The van der Waals surface area contributed by atoms with Crippen LogP contribution < -0.4 is 15.0 Å². The van der Waals surface area contributed by atoms with E-state index in [1.165, 1.54) is 72.0 Å². The first kappa shape index (κ1) is 34.0. The average Bonchev–Trinajstić information content (AvgIpc) is 3.77. The van der Waals surface area contributed by atoms with Gasteiger partial charge in [-0.2, -0.15) is 0 Å². The van der Waals surface area contributed by atoms with E-state index >= 15 is 0 Å². The Morgan fingerprint density at radius 2 is 1.92 bits per heavy atom. The maximum Gasteiger partial charge on any atom is 0.338 e. The van der Waals surface area contributed by atoms with Gasteiger partial charge in [0.1, 0.15) is 23.4 Å². The monoisotopic (exact) mass is 735 g/mol. The zero-order chi connectivity index (χ0) is 35.8. The van der Waals surface area contributed by atoms with E-state index in [1.54, 1.807) is 16.5 Å². The minimum atomic E-state index is -1.27. The molecule has 0 radical (unpaired) electrons. The van der Waals surface area contributed by atoms with Crippen LogP contribution in [-0.2, 0) is 9.53 Å². The average molecular weight is 736 g/mol. The van der Waals surface area contributed by atoms with Gasteiger partial charge in [-0.3, -0.25) is 14.8 Å². The van der Waals surface area contributed by atoms with Gasteiger partial charge in [-0.15, -0.1) is 11.3 Å². The lowest BCUT2D eigenvalue weighted by Crippen LogP contribution is -2.53. The minimum Gasteiger partial charge on any atom is -0.478 e. The number of pyridine rings is 1. The number of nitrogens with zero attached hydrogens (tertiary/aromatic N) is 6. The van der Waals surface area contributed by atoms with Gasteiger partial charge in [-0.05, 0) is 36.4 Å². The number of fused-ring (bicyclic) bond motifs is 1.